The number of nitrogens with zero attached hydrogens (tertiary/aromatic N) is 3. The molecule has 2 heterocycles. The van der Waals surface area contributed by atoms with Gasteiger partial charge in [-0.05, 0) is 40.5 Å². The predicted molar refractivity (Wildman–Crippen MR) is 143 cm³/mol. The quantitative estimate of drug-likeness (QED) is 0.388. The van der Waals surface area contributed by atoms with Gasteiger partial charge in [-0.15, -0.1) is 0 Å². The first-order valence-electron chi connectivity index (χ1n) is 10.8. The van der Waals surface area contributed by atoms with Crippen LogP contribution in [0.15, 0.2) is 127 Å². The zero-order valence-corrected chi connectivity index (χ0v) is 18.7. The summed E-state index contributed by atoms with van der Waals surface area (Å²) in [5.74, 6) is 0.326. The van der Waals surface area contributed by atoms with Crippen LogP contribution in [-0.4, -0.2) is 16.7 Å². The Labute approximate surface area is 199 Å². The van der Waals surface area contributed by atoms with E-state index in [1.165, 1.54) is 0 Å². The maximum absolute atomic E-state index is 8.44. The lowest BCUT2D eigenvalue weighted by molar-refractivity contribution is 1.21. The lowest BCUT2D eigenvalue weighted by Gasteiger charge is -2.16. The molecule has 2 aromatic carbocycles. The molecule has 3 N–H and O–H groups in total. The molecule has 0 saturated carbocycles. The Kier molecular flexibility index (Phi) is 6.75. The van der Waals surface area contributed by atoms with E-state index in [1.54, 1.807) is 12.4 Å². The lowest BCUT2D eigenvalue weighted by Crippen LogP contribution is -2.16. The molecule has 1 aliphatic rings. The number of allylic oxidation sites excluding steroid dienone is 5. The molecular weight excluding hydrogens is 418 g/mol. The maximum Gasteiger partial charge on any atom is 0.155 e. The van der Waals surface area contributed by atoms with Crippen LogP contribution in [0.3, 0.4) is 0 Å². The van der Waals surface area contributed by atoms with Crippen molar-refractivity contribution >= 4 is 29.0 Å². The fourth-order valence-electron chi connectivity index (χ4n) is 3.44. The second-order valence-corrected chi connectivity index (χ2v) is 7.66. The summed E-state index contributed by atoms with van der Waals surface area (Å²) in [6, 6.07) is 19.3. The third-order valence-corrected chi connectivity index (χ3v) is 5.34. The minimum atomic E-state index is 0.0411. The third-order valence-electron chi connectivity index (χ3n) is 5.34. The molecule has 0 fully saturated rings. The number of benzene rings is 2. The normalized spacial score (nSPS) is 16.8. The molecule has 0 saturated heterocycles. The van der Waals surface area contributed by atoms with E-state index in [-0.39, 0.29) is 11.7 Å². The zero-order chi connectivity index (χ0) is 23.9. The molecule has 0 radical (unpaired) electrons. The molecular formula is C29H25N5. The van der Waals surface area contributed by atoms with Crippen LogP contribution in [0.5, 0.6) is 0 Å². The van der Waals surface area contributed by atoms with E-state index in [0.717, 1.165) is 33.5 Å². The molecule has 34 heavy (non-hydrogen) atoms. The molecule has 0 amide bonds. The summed E-state index contributed by atoms with van der Waals surface area (Å²) in [5.41, 5.74) is 12.0. The van der Waals surface area contributed by atoms with Crippen LogP contribution in [0, 0.1) is 5.41 Å². The van der Waals surface area contributed by atoms with E-state index in [9.17, 15) is 0 Å². The molecule has 0 spiro atoms. The summed E-state index contributed by atoms with van der Waals surface area (Å²) in [6.07, 6.45) is 15.0. The first-order valence-corrected chi connectivity index (χ1v) is 10.8. The van der Waals surface area contributed by atoms with Crippen molar-refractivity contribution in [3.05, 3.63) is 145 Å². The van der Waals surface area contributed by atoms with Crippen LogP contribution in [0.4, 0.5) is 5.69 Å². The molecule has 1 aromatic heterocycles. The van der Waals surface area contributed by atoms with Gasteiger partial charge in [0, 0.05) is 29.7 Å². The monoisotopic (exact) mass is 443 g/mol. The Morgan fingerprint density at radius 1 is 0.882 bits per heavy atom. The van der Waals surface area contributed by atoms with Crippen LogP contribution in [0.2, 0.25) is 0 Å². The van der Waals surface area contributed by atoms with Crippen LogP contribution in [0.1, 0.15) is 22.3 Å². The minimum absolute atomic E-state index is 0.0411. The highest BCUT2D eigenvalue weighted by Crippen LogP contribution is 2.27. The smallest absolute Gasteiger partial charge is 0.155 e. The summed E-state index contributed by atoms with van der Waals surface area (Å²) in [7, 11) is 0. The molecule has 1 aliphatic heterocycles. The molecule has 5 heteroatoms. The largest absolute Gasteiger partial charge is 0.383 e. The zero-order valence-electron chi connectivity index (χ0n) is 18.7. The SMILES string of the molecule is C=C1/C=C\C=C/N(c2cncc(C(=N)N=C(N)c3ccccc3)c2)/C=C\c2ccccc2C1=C. The Hall–Kier alpha value is -4.77. The van der Waals surface area contributed by atoms with Crippen molar-refractivity contribution in [3.63, 3.8) is 0 Å². The standard InChI is InChI=1S/C29H25N5/c1-21-10-8-9-16-34(17-15-23-11-6-7-14-27(23)22(21)2)26-18-25(19-32-20-26)29(31)33-28(30)24-12-4-3-5-13-24/h3-20H,1-2H2,(H3,30,31,33)/b10-8-,16-9-,17-15-. The van der Waals surface area contributed by atoms with Gasteiger partial charge in [0.05, 0.1) is 11.9 Å². The topological polar surface area (TPSA) is 78.4 Å². The van der Waals surface area contributed by atoms with E-state index in [4.69, 9.17) is 11.1 Å². The molecule has 0 aliphatic carbocycles. The third kappa shape index (κ3) is 5.16. The van der Waals surface area contributed by atoms with Gasteiger partial charge in [-0.25, -0.2) is 4.99 Å². The second-order valence-electron chi connectivity index (χ2n) is 7.66. The number of rotatable bonds is 3. The average Bonchev–Trinajstić information content (AvgIpc) is 2.90. The highest BCUT2D eigenvalue weighted by Gasteiger charge is 2.09. The number of aliphatic imine (C=N–C) groups is 1. The van der Waals surface area contributed by atoms with Gasteiger partial charge in [-0.3, -0.25) is 10.4 Å². The Bertz CT molecular complexity index is 1360. The van der Waals surface area contributed by atoms with E-state index in [0.29, 0.717) is 5.56 Å². The van der Waals surface area contributed by atoms with Crippen LogP contribution >= 0.6 is 0 Å². The molecule has 0 unspecified atom stereocenters. The van der Waals surface area contributed by atoms with Crippen LogP contribution in [-0.2, 0) is 0 Å². The van der Waals surface area contributed by atoms with E-state index in [2.05, 4.69) is 23.1 Å². The fourth-order valence-corrected chi connectivity index (χ4v) is 3.44. The molecule has 0 atom stereocenters. The fraction of sp³-hybridized carbons (Fsp3) is 0. The van der Waals surface area contributed by atoms with Gasteiger partial charge < -0.3 is 10.6 Å². The van der Waals surface area contributed by atoms with Crippen molar-refractivity contribution in [2.24, 2.45) is 10.7 Å². The van der Waals surface area contributed by atoms with Gasteiger partial charge in [0.1, 0.15) is 5.84 Å². The highest BCUT2D eigenvalue weighted by atomic mass is 15.1. The van der Waals surface area contributed by atoms with Crippen molar-refractivity contribution in [1.29, 1.82) is 5.41 Å². The lowest BCUT2D eigenvalue weighted by atomic mass is 9.95. The Balaban J connectivity index is 1.67. The van der Waals surface area contributed by atoms with Crippen molar-refractivity contribution < 1.29 is 0 Å². The molecule has 5 nitrogen and oxygen atoms in total. The van der Waals surface area contributed by atoms with Gasteiger partial charge in [-0.2, -0.15) is 0 Å². The van der Waals surface area contributed by atoms with Gasteiger partial charge in [0.15, 0.2) is 5.84 Å². The predicted octanol–water partition coefficient (Wildman–Crippen LogP) is 5.94. The van der Waals surface area contributed by atoms with E-state index >= 15 is 0 Å². The first-order chi connectivity index (χ1) is 16.5. The summed E-state index contributed by atoms with van der Waals surface area (Å²) < 4.78 is 0. The van der Waals surface area contributed by atoms with E-state index < -0.39 is 0 Å². The Morgan fingerprint density at radius 3 is 2.47 bits per heavy atom. The number of hydrogen-bond acceptors (Lipinski definition) is 3. The maximum atomic E-state index is 8.44. The Morgan fingerprint density at radius 2 is 1.65 bits per heavy atom. The summed E-state index contributed by atoms with van der Waals surface area (Å²) in [5, 5.41) is 8.44. The summed E-state index contributed by atoms with van der Waals surface area (Å²) >= 11 is 0. The van der Waals surface area contributed by atoms with Crippen LogP contribution in [0.25, 0.3) is 11.6 Å². The first kappa shape index (κ1) is 22.4. The van der Waals surface area contributed by atoms with Gasteiger partial charge in [0.2, 0.25) is 0 Å². The molecule has 4 rings (SSSR count). The number of pyridine rings is 1. The number of fused-ring (bicyclic) bond motifs is 1. The number of nitrogens with one attached hydrogen (secondary N) is 1. The summed E-state index contributed by atoms with van der Waals surface area (Å²) in [6.45, 7) is 8.35. The summed E-state index contributed by atoms with van der Waals surface area (Å²) in [4.78, 5) is 10.5. The number of aromatic nitrogens is 1. The highest BCUT2D eigenvalue weighted by molar-refractivity contribution is 6.09. The second kappa shape index (κ2) is 10.2. The number of anilines is 1. The van der Waals surface area contributed by atoms with Gasteiger partial charge >= 0.3 is 0 Å². The number of hydrogen-bond donors (Lipinski definition) is 2. The van der Waals surface area contributed by atoms with Gasteiger partial charge in [0.25, 0.3) is 0 Å². The van der Waals surface area contributed by atoms with Crippen LogP contribution < -0.4 is 10.6 Å². The van der Waals surface area contributed by atoms with E-state index in [1.807, 2.05) is 102 Å². The average molecular weight is 444 g/mol. The molecule has 3 aromatic rings. The van der Waals surface area contributed by atoms with Crippen molar-refractivity contribution in [3.8, 4) is 0 Å². The van der Waals surface area contributed by atoms with Crippen molar-refractivity contribution in [2.75, 3.05) is 4.90 Å². The molecule has 0 bridgehead atoms. The molecule has 166 valence electrons. The number of amidine groups is 2. The van der Waals surface area contributed by atoms with Crippen molar-refractivity contribution in [1.82, 2.24) is 4.98 Å². The van der Waals surface area contributed by atoms with Crippen molar-refractivity contribution in [2.45, 2.75) is 0 Å². The van der Waals surface area contributed by atoms with Gasteiger partial charge in [-0.1, -0.05) is 79.9 Å². The minimum Gasteiger partial charge on any atom is -0.383 e. The number of nitrogens with two attached hydrogens (primary N) is 1.